The number of rotatable bonds is 5. The summed E-state index contributed by atoms with van der Waals surface area (Å²) >= 11 is 5.71. The number of sulfonamides is 1. The first-order chi connectivity index (χ1) is 9.35. The molecular weight excluding hydrogens is 307 g/mol. The van der Waals surface area contributed by atoms with Crippen molar-refractivity contribution in [3.63, 3.8) is 0 Å². The molecular formula is C12H12ClFN2O3S. The van der Waals surface area contributed by atoms with Gasteiger partial charge in [0.05, 0.1) is 18.5 Å². The van der Waals surface area contributed by atoms with Gasteiger partial charge in [-0.25, -0.2) is 22.5 Å². The van der Waals surface area contributed by atoms with E-state index in [9.17, 15) is 12.8 Å². The lowest BCUT2D eigenvalue weighted by atomic mass is 10.2. The fourth-order valence-electron chi connectivity index (χ4n) is 1.56. The molecule has 0 aliphatic rings. The minimum atomic E-state index is -3.71. The van der Waals surface area contributed by atoms with E-state index in [0.717, 1.165) is 6.07 Å². The third kappa shape index (κ3) is 4.03. The van der Waals surface area contributed by atoms with Gasteiger partial charge in [0.1, 0.15) is 11.6 Å². The van der Waals surface area contributed by atoms with Crippen molar-refractivity contribution in [1.82, 2.24) is 9.71 Å². The molecule has 0 saturated heterocycles. The number of aryl methyl sites for hydroxylation is 1. The smallest absolute Gasteiger partial charge is 0.216 e. The van der Waals surface area contributed by atoms with E-state index in [4.69, 9.17) is 16.0 Å². The average molecular weight is 319 g/mol. The lowest BCUT2D eigenvalue weighted by molar-refractivity contribution is 0.463. The topological polar surface area (TPSA) is 72.2 Å². The van der Waals surface area contributed by atoms with Crippen LogP contribution in [0.4, 0.5) is 4.39 Å². The quantitative estimate of drug-likeness (QED) is 0.918. The van der Waals surface area contributed by atoms with Gasteiger partial charge in [-0.05, 0) is 25.1 Å². The average Bonchev–Trinajstić information content (AvgIpc) is 2.77. The Balaban J connectivity index is 2.05. The van der Waals surface area contributed by atoms with Crippen LogP contribution in [0.15, 0.2) is 28.8 Å². The van der Waals surface area contributed by atoms with Crippen molar-refractivity contribution in [2.75, 3.05) is 0 Å². The number of hydrogen-bond acceptors (Lipinski definition) is 4. The minimum absolute atomic E-state index is 0.00795. The van der Waals surface area contributed by atoms with Crippen molar-refractivity contribution < 1.29 is 17.2 Å². The molecule has 0 saturated carbocycles. The highest BCUT2D eigenvalue weighted by molar-refractivity contribution is 7.88. The number of hydrogen-bond donors (Lipinski definition) is 1. The maximum atomic E-state index is 13.5. The highest BCUT2D eigenvalue weighted by atomic mass is 35.5. The molecule has 0 unspecified atom stereocenters. The fraction of sp³-hybridized carbons (Fsp3) is 0.250. The summed E-state index contributed by atoms with van der Waals surface area (Å²) < 4.78 is 44.6. The van der Waals surface area contributed by atoms with Gasteiger partial charge in [0.15, 0.2) is 0 Å². The van der Waals surface area contributed by atoms with E-state index in [1.807, 2.05) is 0 Å². The highest BCUT2D eigenvalue weighted by Crippen LogP contribution is 2.17. The van der Waals surface area contributed by atoms with E-state index in [1.165, 1.54) is 18.3 Å². The maximum absolute atomic E-state index is 13.5. The number of halogens is 2. The minimum Gasteiger partial charge on any atom is -0.445 e. The number of oxazole rings is 1. The number of benzene rings is 1. The van der Waals surface area contributed by atoms with Crippen LogP contribution < -0.4 is 4.72 Å². The van der Waals surface area contributed by atoms with Gasteiger partial charge in [0.25, 0.3) is 0 Å². The molecule has 1 N–H and O–H groups in total. The zero-order chi connectivity index (χ0) is 14.8. The van der Waals surface area contributed by atoms with Crippen LogP contribution in [0.25, 0.3) is 0 Å². The standard InChI is InChI=1S/C12H12ClFN2O3S/c1-8-5-15-12(19-8)6-16-20(17,18)7-9-4-10(13)2-3-11(9)14/h2-5,16H,6-7H2,1H3. The molecule has 1 aromatic heterocycles. The van der Waals surface area contributed by atoms with Gasteiger partial charge in [-0.15, -0.1) is 0 Å². The summed E-state index contributed by atoms with van der Waals surface area (Å²) in [5.41, 5.74) is 0.00795. The Kier molecular flexibility index (Phi) is 4.42. The molecule has 2 aromatic rings. The van der Waals surface area contributed by atoms with Gasteiger partial charge in [-0.1, -0.05) is 11.6 Å². The molecule has 0 aliphatic carbocycles. The monoisotopic (exact) mass is 318 g/mol. The Hall–Kier alpha value is -1.44. The summed E-state index contributed by atoms with van der Waals surface area (Å²) in [4.78, 5) is 3.87. The van der Waals surface area contributed by atoms with E-state index < -0.39 is 21.6 Å². The second kappa shape index (κ2) is 5.90. The van der Waals surface area contributed by atoms with E-state index >= 15 is 0 Å². The summed E-state index contributed by atoms with van der Waals surface area (Å²) in [5, 5.41) is 0.278. The van der Waals surface area contributed by atoms with Gasteiger partial charge in [-0.2, -0.15) is 0 Å². The van der Waals surface area contributed by atoms with Crippen molar-refractivity contribution in [2.45, 2.75) is 19.2 Å². The third-order valence-corrected chi connectivity index (χ3v) is 3.98. The van der Waals surface area contributed by atoms with Crippen LogP contribution >= 0.6 is 11.6 Å². The van der Waals surface area contributed by atoms with Crippen LogP contribution in [0.5, 0.6) is 0 Å². The van der Waals surface area contributed by atoms with Gasteiger partial charge >= 0.3 is 0 Å². The zero-order valence-corrected chi connectivity index (χ0v) is 12.1. The van der Waals surface area contributed by atoms with Gasteiger partial charge in [0, 0.05) is 10.6 Å². The molecule has 0 aliphatic heterocycles. The molecule has 2 rings (SSSR count). The Morgan fingerprint density at radius 1 is 1.45 bits per heavy atom. The van der Waals surface area contributed by atoms with Gasteiger partial charge in [-0.3, -0.25) is 0 Å². The van der Waals surface area contributed by atoms with Crippen LogP contribution in [0, 0.1) is 12.7 Å². The van der Waals surface area contributed by atoms with E-state index in [2.05, 4.69) is 9.71 Å². The molecule has 1 heterocycles. The van der Waals surface area contributed by atoms with Crippen LogP contribution in [-0.4, -0.2) is 13.4 Å². The maximum Gasteiger partial charge on any atom is 0.216 e. The largest absolute Gasteiger partial charge is 0.445 e. The molecule has 0 amide bonds. The first kappa shape index (κ1) is 15.0. The SMILES string of the molecule is Cc1cnc(CNS(=O)(=O)Cc2cc(Cl)ccc2F)o1. The number of nitrogens with one attached hydrogen (secondary N) is 1. The second-order valence-corrected chi connectivity index (χ2v) is 6.42. The van der Waals surface area contributed by atoms with Crippen LogP contribution in [0.2, 0.25) is 5.02 Å². The summed E-state index contributed by atoms with van der Waals surface area (Å²) in [6.07, 6.45) is 1.49. The highest BCUT2D eigenvalue weighted by Gasteiger charge is 2.16. The lowest BCUT2D eigenvalue weighted by Gasteiger charge is -2.06. The van der Waals surface area contributed by atoms with Crippen LogP contribution in [-0.2, 0) is 22.3 Å². The van der Waals surface area contributed by atoms with Crippen molar-refractivity contribution in [3.8, 4) is 0 Å². The Morgan fingerprint density at radius 2 is 2.20 bits per heavy atom. The van der Waals surface area contributed by atoms with Crippen molar-refractivity contribution >= 4 is 21.6 Å². The first-order valence-corrected chi connectivity index (χ1v) is 7.71. The van der Waals surface area contributed by atoms with Crippen LogP contribution in [0.1, 0.15) is 17.2 Å². The van der Waals surface area contributed by atoms with Gasteiger partial charge < -0.3 is 4.42 Å². The number of nitrogens with zero attached hydrogens (tertiary/aromatic N) is 1. The normalized spacial score (nSPS) is 11.8. The van der Waals surface area contributed by atoms with Crippen molar-refractivity contribution in [3.05, 3.63) is 52.5 Å². The molecule has 0 atom stereocenters. The summed E-state index contributed by atoms with van der Waals surface area (Å²) in [6, 6.07) is 3.77. The molecule has 0 radical (unpaired) electrons. The lowest BCUT2D eigenvalue weighted by Crippen LogP contribution is -2.25. The fourth-order valence-corrected chi connectivity index (χ4v) is 2.84. The van der Waals surface area contributed by atoms with Crippen molar-refractivity contribution in [1.29, 1.82) is 0 Å². The third-order valence-electron chi connectivity index (χ3n) is 2.47. The molecule has 108 valence electrons. The summed E-state index contributed by atoms with van der Waals surface area (Å²) in [5.74, 6) is -0.288. The van der Waals surface area contributed by atoms with E-state index in [0.29, 0.717) is 5.76 Å². The summed E-state index contributed by atoms with van der Waals surface area (Å²) in [6.45, 7) is 1.62. The van der Waals surface area contributed by atoms with Crippen molar-refractivity contribution in [2.24, 2.45) is 0 Å². The molecule has 0 bridgehead atoms. The zero-order valence-electron chi connectivity index (χ0n) is 10.6. The van der Waals surface area contributed by atoms with Crippen LogP contribution in [0.3, 0.4) is 0 Å². The Bertz CT molecular complexity index is 715. The van der Waals surface area contributed by atoms with E-state index in [-0.39, 0.29) is 23.0 Å². The Labute approximate surface area is 120 Å². The molecule has 8 heteroatoms. The number of aromatic nitrogens is 1. The summed E-state index contributed by atoms with van der Waals surface area (Å²) in [7, 11) is -3.71. The predicted molar refractivity (Wildman–Crippen MR) is 72.1 cm³/mol. The predicted octanol–water partition coefficient (Wildman–Crippen LogP) is 2.40. The molecule has 1 aromatic carbocycles. The molecule has 5 nitrogen and oxygen atoms in total. The molecule has 20 heavy (non-hydrogen) atoms. The second-order valence-electron chi connectivity index (χ2n) is 4.18. The van der Waals surface area contributed by atoms with Gasteiger partial charge in [0.2, 0.25) is 15.9 Å². The van der Waals surface area contributed by atoms with E-state index in [1.54, 1.807) is 6.92 Å². The molecule has 0 spiro atoms. The Morgan fingerprint density at radius 3 is 2.85 bits per heavy atom. The first-order valence-electron chi connectivity index (χ1n) is 5.68. The molecule has 0 fully saturated rings.